The first-order valence-electron chi connectivity index (χ1n) is 10.7. The van der Waals surface area contributed by atoms with E-state index in [2.05, 4.69) is 10.2 Å². The molecule has 1 aliphatic heterocycles. The minimum atomic E-state index is -4.32. The summed E-state index contributed by atoms with van der Waals surface area (Å²) in [6, 6.07) is 5.72. The molecule has 1 saturated carbocycles. The van der Waals surface area contributed by atoms with Crippen LogP contribution < -0.4 is 5.32 Å². The highest BCUT2D eigenvalue weighted by atomic mass is 127. The predicted molar refractivity (Wildman–Crippen MR) is 126 cm³/mol. The summed E-state index contributed by atoms with van der Waals surface area (Å²) in [5.74, 6) is 1.29. The lowest BCUT2D eigenvalue weighted by molar-refractivity contribution is -0.137. The molecule has 0 amide bonds. The first-order chi connectivity index (χ1) is 14.4. The molecule has 1 unspecified atom stereocenters. The Balaban J connectivity index is 0.00000341. The van der Waals surface area contributed by atoms with Crippen molar-refractivity contribution >= 4 is 29.9 Å². The van der Waals surface area contributed by atoms with E-state index in [1.54, 1.807) is 13.2 Å². The predicted octanol–water partition coefficient (Wildman–Crippen LogP) is 4.31. The Morgan fingerprint density at radius 1 is 1.29 bits per heavy atom. The average Bonchev–Trinajstić information content (AvgIpc) is 3.38. The Morgan fingerprint density at radius 3 is 2.71 bits per heavy atom. The summed E-state index contributed by atoms with van der Waals surface area (Å²) in [4.78, 5) is 7.06. The molecule has 1 heterocycles. The van der Waals surface area contributed by atoms with Crippen molar-refractivity contribution in [3.8, 4) is 0 Å². The van der Waals surface area contributed by atoms with Gasteiger partial charge in [-0.15, -0.1) is 24.0 Å². The number of guanidine groups is 1. The zero-order valence-corrected chi connectivity index (χ0v) is 20.5. The molecule has 2 aliphatic rings. The largest absolute Gasteiger partial charge is 0.416 e. The fourth-order valence-corrected chi connectivity index (χ4v) is 3.92. The van der Waals surface area contributed by atoms with Gasteiger partial charge in [0.1, 0.15) is 0 Å². The Labute approximate surface area is 199 Å². The van der Waals surface area contributed by atoms with Crippen LogP contribution in [0, 0.1) is 5.92 Å². The topological polar surface area (TPSA) is 46.1 Å². The van der Waals surface area contributed by atoms with E-state index in [1.807, 2.05) is 6.92 Å². The molecular weight excluding hydrogens is 522 g/mol. The van der Waals surface area contributed by atoms with Crippen molar-refractivity contribution < 1.29 is 22.6 Å². The van der Waals surface area contributed by atoms with Crippen LogP contribution in [0.1, 0.15) is 37.3 Å². The molecule has 0 bridgehead atoms. The molecule has 1 aliphatic carbocycles. The van der Waals surface area contributed by atoms with Crippen LogP contribution in [-0.2, 0) is 21.1 Å². The Morgan fingerprint density at radius 2 is 2.06 bits per heavy atom. The third-order valence-electron chi connectivity index (χ3n) is 5.89. The molecule has 31 heavy (non-hydrogen) atoms. The number of ether oxygens (including phenoxy) is 2. The van der Waals surface area contributed by atoms with Crippen molar-refractivity contribution in [3.63, 3.8) is 0 Å². The monoisotopic (exact) mass is 555 g/mol. The van der Waals surface area contributed by atoms with Gasteiger partial charge in [-0.1, -0.05) is 18.2 Å². The first kappa shape index (κ1) is 26.2. The molecule has 2 fully saturated rings. The van der Waals surface area contributed by atoms with E-state index in [1.165, 1.54) is 12.1 Å². The van der Waals surface area contributed by atoms with Gasteiger partial charge in [0.25, 0.3) is 0 Å². The Kier molecular flexibility index (Phi) is 9.88. The molecule has 0 radical (unpaired) electrons. The number of halogens is 4. The second-order valence-electron chi connectivity index (χ2n) is 8.20. The number of benzene rings is 1. The molecule has 1 N–H and O–H groups in total. The van der Waals surface area contributed by atoms with E-state index in [0.29, 0.717) is 32.3 Å². The fraction of sp³-hybridized carbons (Fsp3) is 0.682. The van der Waals surface area contributed by atoms with Crippen LogP contribution in [0.15, 0.2) is 29.3 Å². The number of aliphatic imine (C=N–C) groups is 1. The molecule has 0 spiro atoms. The first-order valence-corrected chi connectivity index (χ1v) is 10.7. The lowest BCUT2D eigenvalue weighted by Gasteiger charge is -2.23. The molecule has 9 heteroatoms. The summed E-state index contributed by atoms with van der Waals surface area (Å²) in [6.07, 6.45) is -1.54. The molecule has 1 aromatic carbocycles. The van der Waals surface area contributed by atoms with Gasteiger partial charge in [0, 0.05) is 38.1 Å². The summed E-state index contributed by atoms with van der Waals surface area (Å²) in [7, 11) is 1.66. The lowest BCUT2D eigenvalue weighted by atomic mass is 9.94. The Hall–Kier alpha value is -1.07. The normalized spacial score (nSPS) is 20.5. The summed E-state index contributed by atoms with van der Waals surface area (Å²) in [5, 5.41) is 3.34. The standard InChI is InChI=1S/C22H32F3N3O2.HI/c1-3-26-20(28-10-7-17(14-28)15-30-12-11-29-2)27-16-21(8-9-21)18-5-4-6-19(13-18)22(23,24)25;/h4-6,13,17H,3,7-12,14-16H2,1-2H3,(H,26,27);1H. The van der Waals surface area contributed by atoms with Gasteiger partial charge in [-0.3, -0.25) is 4.99 Å². The van der Waals surface area contributed by atoms with Gasteiger partial charge >= 0.3 is 6.18 Å². The van der Waals surface area contributed by atoms with E-state index < -0.39 is 11.7 Å². The summed E-state index contributed by atoms with van der Waals surface area (Å²) >= 11 is 0. The highest BCUT2D eigenvalue weighted by molar-refractivity contribution is 14.0. The maximum atomic E-state index is 13.1. The second-order valence-corrected chi connectivity index (χ2v) is 8.20. The number of nitrogens with zero attached hydrogens (tertiary/aromatic N) is 2. The number of hydrogen-bond donors (Lipinski definition) is 1. The average molecular weight is 555 g/mol. The summed E-state index contributed by atoms with van der Waals surface area (Å²) in [5.41, 5.74) is -0.120. The van der Waals surface area contributed by atoms with E-state index in [4.69, 9.17) is 14.5 Å². The minimum Gasteiger partial charge on any atom is -0.382 e. The molecule has 3 rings (SSSR count). The van der Waals surface area contributed by atoms with Crippen LogP contribution in [0.4, 0.5) is 13.2 Å². The molecule has 1 atom stereocenters. The van der Waals surface area contributed by atoms with Crippen molar-refractivity contribution in [1.29, 1.82) is 0 Å². The number of alkyl halides is 3. The van der Waals surface area contributed by atoms with Gasteiger partial charge < -0.3 is 19.7 Å². The maximum absolute atomic E-state index is 13.1. The summed E-state index contributed by atoms with van der Waals surface area (Å²) in [6.45, 7) is 6.95. The van der Waals surface area contributed by atoms with E-state index >= 15 is 0 Å². The molecule has 0 aromatic heterocycles. The molecule has 1 saturated heterocycles. The van der Waals surface area contributed by atoms with Crippen molar-refractivity contribution in [1.82, 2.24) is 10.2 Å². The molecule has 1 aromatic rings. The quantitative estimate of drug-likeness (QED) is 0.214. The second kappa shape index (κ2) is 11.7. The van der Waals surface area contributed by atoms with Crippen molar-refractivity contribution in [2.45, 2.75) is 37.8 Å². The van der Waals surface area contributed by atoms with Crippen LogP contribution in [0.25, 0.3) is 0 Å². The number of rotatable bonds is 9. The van der Waals surface area contributed by atoms with E-state index in [-0.39, 0.29) is 29.4 Å². The summed E-state index contributed by atoms with van der Waals surface area (Å²) < 4.78 is 50.0. The van der Waals surface area contributed by atoms with Crippen molar-refractivity contribution in [3.05, 3.63) is 35.4 Å². The number of methoxy groups -OCH3 is 1. The number of nitrogens with one attached hydrogen (secondary N) is 1. The number of hydrogen-bond acceptors (Lipinski definition) is 3. The highest BCUT2D eigenvalue weighted by Crippen LogP contribution is 2.49. The van der Waals surface area contributed by atoms with Gasteiger partial charge in [-0.2, -0.15) is 13.2 Å². The number of likely N-dealkylation sites (tertiary alicyclic amines) is 1. The van der Waals surface area contributed by atoms with Crippen LogP contribution in [0.3, 0.4) is 0 Å². The van der Waals surface area contributed by atoms with Gasteiger partial charge in [0.2, 0.25) is 0 Å². The zero-order valence-electron chi connectivity index (χ0n) is 18.2. The van der Waals surface area contributed by atoms with Crippen LogP contribution in [-0.4, -0.2) is 64.0 Å². The third-order valence-corrected chi connectivity index (χ3v) is 5.89. The van der Waals surface area contributed by atoms with Gasteiger partial charge in [0.15, 0.2) is 5.96 Å². The van der Waals surface area contributed by atoms with Crippen LogP contribution in [0.2, 0.25) is 0 Å². The van der Waals surface area contributed by atoms with Gasteiger partial charge in [0.05, 0.1) is 31.9 Å². The van der Waals surface area contributed by atoms with Gasteiger partial charge in [-0.25, -0.2) is 0 Å². The van der Waals surface area contributed by atoms with E-state index in [0.717, 1.165) is 56.5 Å². The minimum absolute atomic E-state index is 0. The molecule has 176 valence electrons. The smallest absolute Gasteiger partial charge is 0.382 e. The van der Waals surface area contributed by atoms with Gasteiger partial charge in [-0.05, 0) is 37.8 Å². The molecular formula is C22H33F3IN3O2. The zero-order chi connectivity index (χ0) is 21.6. The van der Waals surface area contributed by atoms with Crippen molar-refractivity contribution in [2.24, 2.45) is 10.9 Å². The molecule has 5 nitrogen and oxygen atoms in total. The van der Waals surface area contributed by atoms with Crippen LogP contribution >= 0.6 is 24.0 Å². The van der Waals surface area contributed by atoms with Crippen LogP contribution in [0.5, 0.6) is 0 Å². The highest BCUT2D eigenvalue weighted by Gasteiger charge is 2.45. The third kappa shape index (κ3) is 7.21. The Bertz CT molecular complexity index is 726. The maximum Gasteiger partial charge on any atom is 0.416 e. The SMILES string of the molecule is CCNC(=NCC1(c2cccc(C(F)(F)F)c2)CC1)N1CCC(COCCOC)C1.I. The van der Waals surface area contributed by atoms with Crippen molar-refractivity contribution in [2.75, 3.05) is 53.1 Å². The fourth-order valence-electron chi connectivity index (χ4n) is 3.92. The lowest BCUT2D eigenvalue weighted by Crippen LogP contribution is -2.40. The van der Waals surface area contributed by atoms with E-state index in [9.17, 15) is 13.2 Å².